The van der Waals surface area contributed by atoms with Gasteiger partial charge in [0, 0.05) is 5.56 Å². The summed E-state index contributed by atoms with van der Waals surface area (Å²) in [5, 5.41) is 9.68. The van der Waals surface area contributed by atoms with Crippen LogP contribution in [0.1, 0.15) is 29.7 Å². The fourth-order valence-electron chi connectivity index (χ4n) is 1.90. The third-order valence-electron chi connectivity index (χ3n) is 3.12. The molecule has 2 aromatic carbocycles. The van der Waals surface area contributed by atoms with Crippen molar-refractivity contribution in [3.05, 3.63) is 58.7 Å². The van der Waals surface area contributed by atoms with Gasteiger partial charge in [0.15, 0.2) is 11.6 Å². The smallest absolute Gasteiger partial charge is 0.168 e. The molecule has 0 bridgehead atoms. The molecule has 0 unspecified atom stereocenters. The van der Waals surface area contributed by atoms with E-state index in [2.05, 4.69) is 0 Å². The number of benzene rings is 2. The van der Waals surface area contributed by atoms with E-state index in [1.165, 1.54) is 25.1 Å². The van der Waals surface area contributed by atoms with Crippen LogP contribution in [0.4, 0.5) is 8.78 Å². The second-order valence-electron chi connectivity index (χ2n) is 4.80. The largest absolute Gasteiger partial charge is 0.454 e. The molecule has 106 valence electrons. The minimum atomic E-state index is -0.909. The van der Waals surface area contributed by atoms with E-state index in [0.29, 0.717) is 11.1 Å². The monoisotopic (exact) mass is 278 g/mol. The molecule has 2 nitrogen and oxygen atoms in total. The molecule has 0 radical (unpaired) electrons. The quantitative estimate of drug-likeness (QED) is 0.900. The van der Waals surface area contributed by atoms with Crippen LogP contribution in [0.15, 0.2) is 30.3 Å². The lowest BCUT2D eigenvalue weighted by Crippen LogP contribution is -2.00. The van der Waals surface area contributed by atoms with E-state index >= 15 is 0 Å². The number of rotatable bonds is 3. The molecular formula is C16H16F2O2. The first-order valence-electron chi connectivity index (χ1n) is 6.31. The minimum Gasteiger partial charge on any atom is -0.454 e. The molecule has 20 heavy (non-hydrogen) atoms. The Morgan fingerprint density at radius 1 is 1.05 bits per heavy atom. The van der Waals surface area contributed by atoms with Gasteiger partial charge in [0.2, 0.25) is 0 Å². The van der Waals surface area contributed by atoms with Crippen LogP contribution in [0.25, 0.3) is 0 Å². The van der Waals surface area contributed by atoms with Crippen LogP contribution >= 0.6 is 0 Å². The Bertz CT molecular complexity index is 637. The highest BCUT2D eigenvalue weighted by Crippen LogP contribution is 2.33. The Morgan fingerprint density at radius 2 is 1.75 bits per heavy atom. The number of hydrogen-bond donors (Lipinski definition) is 1. The summed E-state index contributed by atoms with van der Waals surface area (Å²) in [7, 11) is 0. The van der Waals surface area contributed by atoms with Gasteiger partial charge in [-0.25, -0.2) is 8.78 Å². The predicted molar refractivity (Wildman–Crippen MR) is 73.0 cm³/mol. The Labute approximate surface area is 116 Å². The predicted octanol–water partition coefficient (Wildman–Crippen LogP) is 4.43. The van der Waals surface area contributed by atoms with E-state index in [0.717, 1.165) is 0 Å². The van der Waals surface area contributed by atoms with Gasteiger partial charge in [0.25, 0.3) is 0 Å². The van der Waals surface area contributed by atoms with E-state index in [1.807, 2.05) is 0 Å². The van der Waals surface area contributed by atoms with Gasteiger partial charge in [0.1, 0.15) is 11.6 Å². The average molecular weight is 278 g/mol. The van der Waals surface area contributed by atoms with Crippen LogP contribution in [0.3, 0.4) is 0 Å². The molecule has 0 saturated carbocycles. The van der Waals surface area contributed by atoms with E-state index in [-0.39, 0.29) is 17.1 Å². The Hall–Kier alpha value is -1.94. The molecule has 0 saturated heterocycles. The zero-order valence-electron chi connectivity index (χ0n) is 11.6. The van der Waals surface area contributed by atoms with Crippen molar-refractivity contribution in [2.24, 2.45) is 0 Å². The average Bonchev–Trinajstić information content (AvgIpc) is 2.38. The zero-order valence-corrected chi connectivity index (χ0v) is 11.6. The van der Waals surface area contributed by atoms with Crippen molar-refractivity contribution in [2.45, 2.75) is 26.9 Å². The zero-order chi connectivity index (χ0) is 14.9. The molecule has 0 heterocycles. The molecule has 0 aliphatic carbocycles. The minimum absolute atomic E-state index is 0.0536. The van der Waals surface area contributed by atoms with Gasteiger partial charge >= 0.3 is 0 Å². The Morgan fingerprint density at radius 3 is 2.40 bits per heavy atom. The van der Waals surface area contributed by atoms with Gasteiger partial charge in [-0.1, -0.05) is 12.1 Å². The molecule has 2 rings (SSSR count). The van der Waals surface area contributed by atoms with E-state index in [9.17, 15) is 13.9 Å². The summed E-state index contributed by atoms with van der Waals surface area (Å²) in [6, 6.07) is 7.47. The maximum absolute atomic E-state index is 13.9. The van der Waals surface area contributed by atoms with E-state index in [4.69, 9.17) is 4.74 Å². The van der Waals surface area contributed by atoms with Gasteiger partial charge in [0.05, 0.1) is 6.10 Å². The summed E-state index contributed by atoms with van der Waals surface area (Å²) in [6.07, 6.45) is -0.909. The molecule has 0 amide bonds. The third-order valence-corrected chi connectivity index (χ3v) is 3.12. The highest BCUT2D eigenvalue weighted by Gasteiger charge is 2.15. The Balaban J connectivity index is 2.47. The third kappa shape index (κ3) is 2.80. The summed E-state index contributed by atoms with van der Waals surface area (Å²) in [4.78, 5) is 0. The van der Waals surface area contributed by atoms with Crippen molar-refractivity contribution in [2.75, 3.05) is 0 Å². The van der Waals surface area contributed by atoms with E-state index < -0.39 is 17.7 Å². The van der Waals surface area contributed by atoms with Crippen LogP contribution in [-0.4, -0.2) is 5.11 Å². The lowest BCUT2D eigenvalue weighted by molar-refractivity contribution is 0.195. The van der Waals surface area contributed by atoms with Crippen LogP contribution in [0.5, 0.6) is 11.5 Å². The molecule has 0 aliphatic heterocycles. The van der Waals surface area contributed by atoms with Crippen molar-refractivity contribution in [1.29, 1.82) is 0 Å². The maximum Gasteiger partial charge on any atom is 0.168 e. The highest BCUT2D eigenvalue weighted by atomic mass is 19.1. The van der Waals surface area contributed by atoms with Gasteiger partial charge in [-0.3, -0.25) is 0 Å². The molecule has 4 heteroatoms. The van der Waals surface area contributed by atoms with Crippen LogP contribution in [0.2, 0.25) is 0 Å². The Kier molecular flexibility index (Phi) is 4.04. The van der Waals surface area contributed by atoms with Crippen molar-refractivity contribution in [3.63, 3.8) is 0 Å². The highest BCUT2D eigenvalue weighted by molar-refractivity contribution is 5.43. The summed E-state index contributed by atoms with van der Waals surface area (Å²) < 4.78 is 33.0. The molecule has 2 aromatic rings. The summed E-state index contributed by atoms with van der Waals surface area (Å²) >= 11 is 0. The molecule has 0 spiro atoms. The first-order valence-corrected chi connectivity index (χ1v) is 6.31. The summed E-state index contributed by atoms with van der Waals surface area (Å²) in [5.74, 6) is -0.592. The first kappa shape index (κ1) is 14.5. The number of aliphatic hydroxyl groups is 1. The lowest BCUT2D eigenvalue weighted by atomic mass is 10.1. The molecular weight excluding hydrogens is 262 g/mol. The SMILES string of the molecule is Cc1cc(Oc2cccc(C)c2F)c([C@H](C)O)cc1F. The standard InChI is InChI=1S/C16H16F2O2/c1-9-5-4-6-14(16(9)18)20-15-7-10(2)13(17)8-12(15)11(3)19/h4-8,11,19H,1-3H3/t11-/m0/s1. The maximum atomic E-state index is 13.9. The number of halogens is 2. The summed E-state index contributed by atoms with van der Waals surface area (Å²) in [6.45, 7) is 4.72. The van der Waals surface area contributed by atoms with Crippen molar-refractivity contribution >= 4 is 0 Å². The van der Waals surface area contributed by atoms with Crippen LogP contribution in [-0.2, 0) is 0 Å². The van der Waals surface area contributed by atoms with Crippen molar-refractivity contribution in [3.8, 4) is 11.5 Å². The summed E-state index contributed by atoms with van der Waals surface area (Å²) in [5.41, 5.74) is 1.12. The molecule has 1 atom stereocenters. The van der Waals surface area contributed by atoms with Gasteiger partial charge < -0.3 is 9.84 Å². The fourth-order valence-corrected chi connectivity index (χ4v) is 1.90. The van der Waals surface area contributed by atoms with Crippen LogP contribution < -0.4 is 4.74 Å². The normalized spacial score (nSPS) is 12.3. The lowest BCUT2D eigenvalue weighted by Gasteiger charge is -2.15. The van der Waals surface area contributed by atoms with Gasteiger partial charge in [-0.2, -0.15) is 0 Å². The van der Waals surface area contributed by atoms with Crippen LogP contribution in [0, 0.1) is 25.5 Å². The van der Waals surface area contributed by atoms with Crippen molar-refractivity contribution in [1.82, 2.24) is 0 Å². The molecule has 0 aromatic heterocycles. The number of aryl methyl sites for hydroxylation is 2. The van der Waals surface area contributed by atoms with Crippen molar-refractivity contribution < 1.29 is 18.6 Å². The number of aliphatic hydroxyl groups excluding tert-OH is 1. The topological polar surface area (TPSA) is 29.5 Å². The second-order valence-corrected chi connectivity index (χ2v) is 4.80. The fraction of sp³-hybridized carbons (Fsp3) is 0.250. The number of hydrogen-bond acceptors (Lipinski definition) is 2. The van der Waals surface area contributed by atoms with Gasteiger partial charge in [-0.15, -0.1) is 0 Å². The number of ether oxygens (including phenoxy) is 1. The second kappa shape index (κ2) is 5.59. The molecule has 0 fully saturated rings. The van der Waals surface area contributed by atoms with Gasteiger partial charge in [-0.05, 0) is 50.1 Å². The van der Waals surface area contributed by atoms with E-state index in [1.54, 1.807) is 26.0 Å². The first-order chi connectivity index (χ1) is 9.40. The molecule has 1 N–H and O–H groups in total. The molecule has 0 aliphatic rings.